The summed E-state index contributed by atoms with van der Waals surface area (Å²) in [5.74, 6) is -2.81. The maximum atomic E-state index is 14.0. The zero-order chi connectivity index (χ0) is 41.5. The molecule has 0 radical (unpaired) electrons. The number of carbonyl (C=O) groups excluding carboxylic acids is 4. The minimum absolute atomic E-state index is 0.0989. The Labute approximate surface area is 321 Å². The highest BCUT2D eigenvalue weighted by atomic mass is 16.2. The molecule has 6 aromatic rings. The van der Waals surface area contributed by atoms with Crippen molar-refractivity contribution in [1.82, 2.24) is 28.1 Å². The van der Waals surface area contributed by atoms with Crippen LogP contribution in [0.2, 0.25) is 0 Å². The molecule has 0 bridgehead atoms. The Morgan fingerprint density at radius 2 is 0.759 bits per heavy atom. The van der Waals surface area contributed by atoms with Crippen LogP contribution in [0.25, 0.3) is 43.1 Å². The van der Waals surface area contributed by atoms with Gasteiger partial charge in [0.2, 0.25) is 0 Å². The molecule has 0 spiro atoms. The normalized spacial score (nSPS) is 20.8. The second-order valence-corrected chi connectivity index (χ2v) is 16.5. The van der Waals surface area contributed by atoms with E-state index >= 15 is 0 Å². The summed E-state index contributed by atoms with van der Waals surface area (Å²) >= 11 is 0. The van der Waals surface area contributed by atoms with Crippen LogP contribution >= 0.6 is 0 Å². The van der Waals surface area contributed by atoms with Crippen molar-refractivity contribution in [3.8, 4) is 0 Å². The minimum Gasteiger partial charge on any atom is -0.274 e. The van der Waals surface area contributed by atoms with E-state index in [1.165, 1.54) is 24.3 Å². The highest BCUT2D eigenvalue weighted by Gasteiger charge is 2.44. The number of aromatic nitrogens is 4. The van der Waals surface area contributed by atoms with E-state index in [0.717, 1.165) is 33.4 Å². The van der Waals surface area contributed by atoms with Crippen LogP contribution in [0.15, 0.2) is 86.9 Å². The van der Waals surface area contributed by atoms with Gasteiger partial charge in [0.1, 0.15) is 13.3 Å². The molecule has 3 aliphatic rings. The van der Waals surface area contributed by atoms with Crippen molar-refractivity contribution < 1.29 is 19.2 Å². The molecule has 6 heterocycles. The Balaban J connectivity index is 1.07. The van der Waals surface area contributed by atoms with Gasteiger partial charge in [0.25, 0.3) is 68.1 Å². The molecular weight excluding hydrogens is 756 g/mol. The van der Waals surface area contributed by atoms with Crippen molar-refractivity contribution in [2.24, 2.45) is 10.8 Å². The molecule has 18 heteroatoms. The highest BCUT2D eigenvalue weighted by Crippen LogP contribution is 2.50. The van der Waals surface area contributed by atoms with Gasteiger partial charge < -0.3 is 0 Å². The molecule has 2 aliphatic heterocycles. The van der Waals surface area contributed by atoms with Gasteiger partial charge in [-0.2, -0.15) is 0 Å². The van der Waals surface area contributed by atoms with Gasteiger partial charge in [-0.15, -0.1) is 0 Å². The monoisotopic (exact) mass is 786 g/mol. The Morgan fingerprint density at radius 3 is 1.10 bits per heavy atom. The molecule has 2 aromatic carbocycles. The van der Waals surface area contributed by atoms with Gasteiger partial charge >= 0.3 is 0 Å². The van der Waals surface area contributed by atoms with Gasteiger partial charge in [-0.05, 0) is 54.4 Å². The van der Waals surface area contributed by atoms with Gasteiger partial charge in [-0.3, -0.25) is 85.6 Å². The van der Waals surface area contributed by atoms with E-state index in [9.17, 15) is 57.5 Å². The van der Waals surface area contributed by atoms with Crippen molar-refractivity contribution in [1.29, 1.82) is 0 Å². The van der Waals surface area contributed by atoms with Gasteiger partial charge in [-0.25, -0.2) is 0 Å². The molecule has 1 saturated carbocycles. The van der Waals surface area contributed by atoms with Crippen molar-refractivity contribution in [3.05, 3.63) is 131 Å². The fourth-order valence-electron chi connectivity index (χ4n) is 9.54. The molecule has 58 heavy (non-hydrogen) atoms. The lowest BCUT2D eigenvalue weighted by Crippen LogP contribution is -2.45. The second kappa shape index (κ2) is 11.9. The van der Waals surface area contributed by atoms with Crippen molar-refractivity contribution >= 4 is 66.7 Å². The summed E-state index contributed by atoms with van der Waals surface area (Å²) in [5.41, 5.74) is -7.61. The van der Waals surface area contributed by atoms with E-state index < -0.39 is 98.3 Å². The number of carbonyl (C=O) groups is 4. The molecule has 0 N–H and O–H groups in total. The Kier molecular flexibility index (Phi) is 7.46. The van der Waals surface area contributed by atoms with Crippen LogP contribution in [0, 0.1) is 10.8 Å². The number of hydrogen-bond donors (Lipinski definition) is 0. The lowest BCUT2D eigenvalue weighted by atomic mass is 9.62. The molecule has 18 nitrogen and oxygen atoms in total. The molecule has 9 rings (SSSR count). The fraction of sp³-hybridized carbons (Fsp3) is 0.300. The Hall–Kier alpha value is -7.24. The van der Waals surface area contributed by atoms with E-state index in [1.54, 1.807) is 0 Å². The largest absolute Gasteiger partial charge is 0.274 e. The average molecular weight is 787 g/mol. The van der Waals surface area contributed by atoms with Crippen LogP contribution < -0.4 is 44.5 Å². The van der Waals surface area contributed by atoms with Crippen LogP contribution in [0.3, 0.4) is 0 Å². The predicted molar refractivity (Wildman–Crippen MR) is 207 cm³/mol. The molecule has 1 aliphatic carbocycles. The lowest BCUT2D eigenvalue weighted by Gasteiger charge is -2.46. The Morgan fingerprint density at radius 1 is 0.448 bits per heavy atom. The van der Waals surface area contributed by atoms with E-state index in [4.69, 9.17) is 0 Å². The number of fused-ring (bicyclic) bond motifs is 4. The quantitative estimate of drug-likeness (QED) is 0.184. The number of nitrogens with zero attached hydrogens (tertiary/aromatic N) is 6. The van der Waals surface area contributed by atoms with Crippen LogP contribution in [-0.2, 0) is 39.1 Å². The molecule has 2 atom stereocenters. The summed E-state index contributed by atoms with van der Waals surface area (Å²) in [7, 11) is 0. The molecule has 1 fully saturated rings. The van der Waals surface area contributed by atoms with Crippen LogP contribution in [0.5, 0.6) is 0 Å². The minimum atomic E-state index is -0.864. The highest BCUT2D eigenvalue weighted by molar-refractivity contribution is 6.13. The summed E-state index contributed by atoms with van der Waals surface area (Å²) in [4.78, 5) is 159. The summed E-state index contributed by atoms with van der Waals surface area (Å²) < 4.78 is 3.50. The maximum absolute atomic E-state index is 14.0. The molecule has 4 aromatic heterocycles. The molecule has 292 valence electrons. The number of hydrogen-bond acceptors (Lipinski definition) is 12. The first-order valence-electron chi connectivity index (χ1n) is 18.2. The second-order valence-electron chi connectivity index (χ2n) is 16.5. The van der Waals surface area contributed by atoms with E-state index in [-0.39, 0.29) is 56.1 Å². The fourth-order valence-corrected chi connectivity index (χ4v) is 9.54. The first-order valence-corrected chi connectivity index (χ1v) is 18.2. The zero-order valence-corrected chi connectivity index (χ0v) is 31.0. The number of rotatable bonds is 7. The van der Waals surface area contributed by atoms with Crippen molar-refractivity contribution in [2.75, 3.05) is 0 Å². The van der Waals surface area contributed by atoms with Crippen LogP contribution in [0.1, 0.15) is 46.1 Å². The topological polar surface area (TPSA) is 231 Å². The van der Waals surface area contributed by atoms with E-state index in [1.807, 2.05) is 20.8 Å². The van der Waals surface area contributed by atoms with Crippen LogP contribution in [0.4, 0.5) is 0 Å². The van der Waals surface area contributed by atoms with Crippen LogP contribution in [-0.4, -0.2) is 51.7 Å². The van der Waals surface area contributed by atoms with E-state index in [0.29, 0.717) is 31.8 Å². The third-order valence-corrected chi connectivity index (χ3v) is 11.8. The summed E-state index contributed by atoms with van der Waals surface area (Å²) in [5, 5.41) is -1.05. The Bertz CT molecular complexity index is 3270. The van der Waals surface area contributed by atoms with E-state index in [2.05, 4.69) is 0 Å². The molecular formula is C40H30N6O12. The van der Waals surface area contributed by atoms with Gasteiger partial charge in [0.15, 0.2) is 0 Å². The van der Waals surface area contributed by atoms with Crippen molar-refractivity contribution in [3.63, 3.8) is 0 Å². The summed E-state index contributed by atoms with van der Waals surface area (Å²) in [6.45, 7) is 4.26. The summed E-state index contributed by atoms with van der Waals surface area (Å²) in [6.07, 6.45) is 5.01. The molecule has 2 unspecified atom stereocenters. The smallest absolute Gasteiger partial charge is 0.263 e. The SMILES string of the molecule is CC1(C)CC(n2c(=O)c3cc4c(=O)n(CN5C(=O)C=CC5=O)c(=O)c4cc3c2=O)CC(C)(Cn2c(=O)c3cc4c(=O)n(CN5C(=O)C=CC5=O)c(=O)c4cc3c2=O)C1. The number of benzene rings is 2. The molecule has 4 amide bonds. The van der Waals surface area contributed by atoms with Crippen molar-refractivity contribution in [2.45, 2.75) is 66.0 Å². The summed E-state index contributed by atoms with van der Waals surface area (Å²) in [6, 6.07) is 3.96. The predicted octanol–water partition coefficient (Wildman–Crippen LogP) is -0.639. The third-order valence-electron chi connectivity index (χ3n) is 11.8. The van der Waals surface area contributed by atoms with Gasteiger partial charge in [0.05, 0.1) is 43.1 Å². The first kappa shape index (κ1) is 36.4. The zero-order valence-electron chi connectivity index (χ0n) is 31.0. The number of amides is 4. The van der Waals surface area contributed by atoms with Gasteiger partial charge in [-0.1, -0.05) is 20.8 Å². The average Bonchev–Trinajstić information content (AvgIpc) is 3.92. The maximum Gasteiger partial charge on any atom is 0.263 e. The molecule has 0 saturated heterocycles. The first-order chi connectivity index (χ1) is 27.3. The number of imide groups is 2. The standard InChI is InChI=1S/C40H30N6O12/c1-39(2)12-18(46-37(57)25-10-23-24(11-26(25)38(46)58)36(56)45(35(23)55)17-43-29(49)6-7-30(43)50)13-40(3,14-39)15-41-31(51)19-8-21-22(9-20(19)32(41)52)34(54)44(33(21)53)16-42-27(47)4-5-28(42)48/h4-11,18H,12-17H2,1-3H3. The lowest BCUT2D eigenvalue weighted by molar-refractivity contribution is -0.140. The third kappa shape index (κ3) is 5.09. The van der Waals surface area contributed by atoms with Gasteiger partial charge in [0, 0.05) is 36.9 Å².